The Labute approximate surface area is 236 Å². The maximum Gasteiger partial charge on any atom is 0.312 e. The number of hydrogen-bond acceptors (Lipinski definition) is 8. The number of urea groups is 1. The molecule has 0 aromatic heterocycles. The average Bonchev–Trinajstić information content (AvgIpc) is 3.42. The first-order valence-corrected chi connectivity index (χ1v) is 13.7. The lowest BCUT2D eigenvalue weighted by Crippen LogP contribution is -2.54. The first kappa shape index (κ1) is 31.9. The van der Waals surface area contributed by atoms with Crippen molar-refractivity contribution in [2.75, 3.05) is 31.6 Å². The van der Waals surface area contributed by atoms with Gasteiger partial charge in [-0.25, -0.2) is 4.79 Å². The summed E-state index contributed by atoms with van der Waals surface area (Å²) in [6.07, 6.45) is 3.45. The van der Waals surface area contributed by atoms with E-state index in [9.17, 15) is 19.2 Å². The van der Waals surface area contributed by atoms with E-state index in [1.807, 2.05) is 12.1 Å². The predicted molar refractivity (Wildman–Crippen MR) is 147 cm³/mol. The van der Waals surface area contributed by atoms with Crippen molar-refractivity contribution in [3.05, 3.63) is 42.4 Å². The van der Waals surface area contributed by atoms with Crippen molar-refractivity contribution in [2.45, 2.75) is 50.5 Å². The van der Waals surface area contributed by atoms with E-state index in [1.54, 1.807) is 26.0 Å². The van der Waals surface area contributed by atoms with Crippen LogP contribution in [0.1, 0.15) is 38.7 Å². The number of amides is 5. The number of rotatable bonds is 17. The van der Waals surface area contributed by atoms with Crippen molar-refractivity contribution in [2.24, 2.45) is 11.7 Å². The maximum absolute atomic E-state index is 13.2. The van der Waals surface area contributed by atoms with Gasteiger partial charge in [-0.15, -0.1) is 0 Å². The summed E-state index contributed by atoms with van der Waals surface area (Å²) in [4.78, 5) is 59.7. The van der Waals surface area contributed by atoms with E-state index in [2.05, 4.69) is 37.2 Å². The van der Waals surface area contributed by atoms with Crippen LogP contribution in [0.25, 0.3) is 0 Å². The average molecular weight is 614 g/mol. The van der Waals surface area contributed by atoms with Crippen molar-refractivity contribution in [1.82, 2.24) is 21.2 Å². The SMILES string of the molecule is CC(C)[C@H](NC(=O)CCOCCN1OC=CO1)C(=O)N[C@@H](CCCNC(N)=O)C(=O)Nc1ccc(CBr)cc1. The highest BCUT2D eigenvalue weighted by molar-refractivity contribution is 9.08. The number of ether oxygens (including phenoxy) is 1. The van der Waals surface area contributed by atoms with Crippen LogP contribution in [0.15, 0.2) is 36.8 Å². The zero-order chi connectivity index (χ0) is 28.6. The van der Waals surface area contributed by atoms with E-state index in [1.165, 1.54) is 17.8 Å². The van der Waals surface area contributed by atoms with Crippen LogP contribution in [0.4, 0.5) is 10.5 Å². The zero-order valence-corrected chi connectivity index (χ0v) is 23.7. The first-order chi connectivity index (χ1) is 18.7. The number of nitrogens with zero attached hydrogens (tertiary/aromatic N) is 1. The van der Waals surface area contributed by atoms with E-state index in [0.717, 1.165) is 5.56 Å². The van der Waals surface area contributed by atoms with Gasteiger partial charge < -0.3 is 41.4 Å². The molecule has 0 bridgehead atoms. The molecule has 1 aromatic carbocycles. The van der Waals surface area contributed by atoms with Gasteiger partial charge in [-0.05, 0) is 36.5 Å². The minimum Gasteiger partial charge on any atom is -0.379 e. The lowest BCUT2D eigenvalue weighted by molar-refractivity contribution is -0.288. The topological polar surface area (TPSA) is 173 Å². The van der Waals surface area contributed by atoms with Gasteiger partial charge in [0.05, 0.1) is 19.8 Å². The molecule has 0 saturated heterocycles. The Balaban J connectivity index is 1.91. The number of anilines is 1. The standard InChI is InChI=1S/C25H37BrN6O7/c1-17(2)22(31-21(33)9-12-37-13-11-32-38-14-15-39-32)24(35)30-20(4-3-10-28-25(27)36)23(34)29-19-7-5-18(16-26)6-8-19/h5-8,14-15,17,20,22H,3-4,9-13,16H2,1-2H3,(H,29,34)(H,30,35)(H,31,33)(H3,27,28,36)/t20-,22-/m0/s1. The fourth-order valence-corrected chi connectivity index (χ4v) is 3.83. The monoisotopic (exact) mass is 612 g/mol. The van der Waals surface area contributed by atoms with Crippen LogP contribution in [0.5, 0.6) is 0 Å². The largest absolute Gasteiger partial charge is 0.379 e. The summed E-state index contributed by atoms with van der Waals surface area (Å²) in [6.45, 7) is 4.61. The molecule has 0 aliphatic carbocycles. The van der Waals surface area contributed by atoms with Crippen molar-refractivity contribution < 1.29 is 33.6 Å². The molecule has 1 aromatic rings. The molecular weight excluding hydrogens is 576 g/mol. The first-order valence-electron chi connectivity index (χ1n) is 12.6. The van der Waals surface area contributed by atoms with Gasteiger partial charge in [0.2, 0.25) is 17.7 Å². The van der Waals surface area contributed by atoms with Crippen LogP contribution in [0.2, 0.25) is 0 Å². The third kappa shape index (κ3) is 12.4. The van der Waals surface area contributed by atoms with Crippen LogP contribution in [0.3, 0.4) is 0 Å². The van der Waals surface area contributed by atoms with Crippen molar-refractivity contribution in [1.29, 1.82) is 0 Å². The number of carbonyl (C=O) groups is 4. The second kappa shape index (κ2) is 17.3. The van der Waals surface area contributed by atoms with Gasteiger partial charge in [0.1, 0.15) is 12.1 Å². The highest BCUT2D eigenvalue weighted by Gasteiger charge is 2.28. The molecule has 13 nitrogen and oxygen atoms in total. The fourth-order valence-electron chi connectivity index (χ4n) is 3.46. The highest BCUT2D eigenvalue weighted by atomic mass is 79.9. The third-order valence-corrected chi connectivity index (χ3v) is 6.19. The Bertz CT molecular complexity index is 968. The molecule has 216 valence electrons. The summed E-state index contributed by atoms with van der Waals surface area (Å²) in [5, 5.41) is 12.7. The van der Waals surface area contributed by atoms with E-state index < -0.39 is 29.9 Å². The predicted octanol–water partition coefficient (Wildman–Crippen LogP) is 1.65. The second-order valence-corrected chi connectivity index (χ2v) is 9.57. The molecule has 2 rings (SSSR count). The lowest BCUT2D eigenvalue weighted by Gasteiger charge is -2.25. The van der Waals surface area contributed by atoms with Gasteiger partial charge in [-0.3, -0.25) is 14.4 Å². The third-order valence-electron chi connectivity index (χ3n) is 5.55. The second-order valence-electron chi connectivity index (χ2n) is 9.01. The summed E-state index contributed by atoms with van der Waals surface area (Å²) in [6, 6.07) is 4.82. The zero-order valence-electron chi connectivity index (χ0n) is 22.1. The Morgan fingerprint density at radius 2 is 1.72 bits per heavy atom. The van der Waals surface area contributed by atoms with Crippen LogP contribution in [-0.4, -0.2) is 67.4 Å². The maximum atomic E-state index is 13.2. The molecule has 1 aliphatic rings. The van der Waals surface area contributed by atoms with Crippen LogP contribution in [-0.2, 0) is 34.1 Å². The Kier molecular flexibility index (Phi) is 14.1. The summed E-state index contributed by atoms with van der Waals surface area (Å²) >= 11 is 3.38. The molecule has 0 radical (unpaired) electrons. The molecule has 1 heterocycles. The van der Waals surface area contributed by atoms with E-state index in [4.69, 9.17) is 20.1 Å². The normalized spacial score (nSPS) is 14.2. The number of benzene rings is 1. The molecule has 0 fully saturated rings. The van der Waals surface area contributed by atoms with Gasteiger partial charge in [-0.2, -0.15) is 0 Å². The van der Waals surface area contributed by atoms with Crippen molar-refractivity contribution >= 4 is 45.4 Å². The number of nitrogens with one attached hydrogen (secondary N) is 4. The molecular formula is C25H37BrN6O7. The summed E-state index contributed by atoms with van der Waals surface area (Å²) in [7, 11) is 0. The molecule has 14 heteroatoms. The van der Waals surface area contributed by atoms with Gasteiger partial charge in [0.15, 0.2) is 12.5 Å². The smallest absolute Gasteiger partial charge is 0.312 e. The molecule has 6 N–H and O–H groups in total. The number of carbonyl (C=O) groups excluding carboxylic acids is 4. The minimum atomic E-state index is -0.908. The Morgan fingerprint density at radius 3 is 2.33 bits per heavy atom. The molecule has 2 atom stereocenters. The number of nitrogens with two attached hydrogens (primary N) is 1. The van der Waals surface area contributed by atoms with Gasteiger partial charge in [0.25, 0.3) is 0 Å². The molecule has 0 saturated carbocycles. The Morgan fingerprint density at radius 1 is 1.03 bits per heavy atom. The van der Waals surface area contributed by atoms with Gasteiger partial charge in [-0.1, -0.05) is 41.9 Å². The molecule has 39 heavy (non-hydrogen) atoms. The van der Waals surface area contributed by atoms with Crippen LogP contribution in [0, 0.1) is 5.92 Å². The van der Waals surface area contributed by atoms with Crippen LogP contribution >= 0.6 is 15.9 Å². The fraction of sp³-hybridized carbons (Fsp3) is 0.520. The Hall–Kier alpha value is -3.36. The number of hydroxylamine groups is 2. The van der Waals surface area contributed by atoms with Gasteiger partial charge in [0, 0.05) is 29.2 Å². The molecule has 0 unspecified atom stereocenters. The minimum absolute atomic E-state index is 0.0452. The van der Waals surface area contributed by atoms with E-state index in [-0.39, 0.29) is 44.4 Å². The summed E-state index contributed by atoms with van der Waals surface area (Å²) < 4.78 is 5.42. The number of halogens is 1. The summed E-state index contributed by atoms with van der Waals surface area (Å²) in [5.74, 6) is -1.52. The lowest BCUT2D eigenvalue weighted by atomic mass is 10.0. The highest BCUT2D eigenvalue weighted by Crippen LogP contribution is 2.13. The van der Waals surface area contributed by atoms with Crippen LogP contribution < -0.4 is 27.0 Å². The molecule has 1 aliphatic heterocycles. The van der Waals surface area contributed by atoms with Gasteiger partial charge >= 0.3 is 6.03 Å². The molecule has 0 spiro atoms. The van der Waals surface area contributed by atoms with E-state index in [0.29, 0.717) is 24.0 Å². The van der Waals surface area contributed by atoms with E-state index >= 15 is 0 Å². The van der Waals surface area contributed by atoms with Crippen molar-refractivity contribution in [3.63, 3.8) is 0 Å². The van der Waals surface area contributed by atoms with Crippen molar-refractivity contribution in [3.8, 4) is 0 Å². The number of primary amides is 1. The summed E-state index contributed by atoms with van der Waals surface area (Å²) in [5.41, 5.74) is 6.73. The molecule has 5 amide bonds. The quantitative estimate of drug-likeness (QED) is 0.130. The number of hydrogen-bond donors (Lipinski definition) is 5. The number of alkyl halides is 1.